The Morgan fingerprint density at radius 3 is 2.55 bits per heavy atom. The first-order valence-electron chi connectivity index (χ1n) is 6.81. The lowest BCUT2D eigenvalue weighted by molar-refractivity contribution is -0.141. The van der Waals surface area contributed by atoms with E-state index in [0.29, 0.717) is 18.3 Å². The largest absolute Gasteiger partial charge is 0.435 e. The van der Waals surface area contributed by atoms with Gasteiger partial charge >= 0.3 is 6.18 Å². The third-order valence-corrected chi connectivity index (χ3v) is 3.77. The van der Waals surface area contributed by atoms with Crippen molar-refractivity contribution in [2.24, 2.45) is 5.92 Å². The molecule has 110 valence electrons. The van der Waals surface area contributed by atoms with Crippen LogP contribution in [0.3, 0.4) is 0 Å². The highest BCUT2D eigenvalue weighted by Crippen LogP contribution is 2.38. The van der Waals surface area contributed by atoms with Crippen LogP contribution < -0.4 is 5.32 Å². The molecule has 2 fully saturated rings. The van der Waals surface area contributed by atoms with Crippen LogP contribution in [0.4, 0.5) is 19.0 Å². The second-order valence-corrected chi connectivity index (χ2v) is 5.41. The van der Waals surface area contributed by atoms with E-state index in [1.54, 1.807) is 0 Å². The number of aromatic nitrogens is 2. The van der Waals surface area contributed by atoms with Crippen molar-refractivity contribution in [1.29, 1.82) is 0 Å². The van der Waals surface area contributed by atoms with E-state index in [2.05, 4.69) is 15.5 Å². The van der Waals surface area contributed by atoms with Crippen LogP contribution in [-0.4, -0.2) is 29.0 Å². The van der Waals surface area contributed by atoms with Crippen LogP contribution in [0, 0.1) is 5.92 Å². The van der Waals surface area contributed by atoms with Crippen LogP contribution in [0.15, 0.2) is 12.1 Å². The van der Waals surface area contributed by atoms with Gasteiger partial charge in [0.15, 0.2) is 5.69 Å². The summed E-state index contributed by atoms with van der Waals surface area (Å²) in [7, 11) is 0. The van der Waals surface area contributed by atoms with E-state index >= 15 is 0 Å². The number of rotatable bonds is 3. The lowest BCUT2D eigenvalue weighted by Gasteiger charge is -2.30. The van der Waals surface area contributed by atoms with Crippen LogP contribution in [0.5, 0.6) is 0 Å². The molecule has 2 atom stereocenters. The summed E-state index contributed by atoms with van der Waals surface area (Å²) < 4.78 is 42.9. The number of ether oxygens (including phenoxy) is 1. The summed E-state index contributed by atoms with van der Waals surface area (Å²) in [6.07, 6.45) is -0.00107. The van der Waals surface area contributed by atoms with Gasteiger partial charge in [-0.3, -0.25) is 0 Å². The highest BCUT2D eigenvalue weighted by Gasteiger charge is 2.36. The second-order valence-electron chi connectivity index (χ2n) is 5.41. The fourth-order valence-corrected chi connectivity index (χ4v) is 2.53. The van der Waals surface area contributed by atoms with E-state index in [1.165, 1.54) is 18.9 Å². The van der Waals surface area contributed by atoms with Crippen molar-refractivity contribution in [2.45, 2.75) is 44.0 Å². The normalized spacial score (nSPS) is 27.4. The molecule has 20 heavy (non-hydrogen) atoms. The van der Waals surface area contributed by atoms with Crippen LogP contribution in [-0.2, 0) is 10.9 Å². The molecule has 0 radical (unpaired) electrons. The average Bonchev–Trinajstić information content (AvgIpc) is 3.23. The van der Waals surface area contributed by atoms with Gasteiger partial charge in [-0.1, -0.05) is 0 Å². The minimum absolute atomic E-state index is 0.195. The summed E-state index contributed by atoms with van der Waals surface area (Å²) in [6, 6.07) is 2.48. The molecule has 2 unspecified atom stereocenters. The zero-order valence-corrected chi connectivity index (χ0v) is 10.9. The first-order valence-corrected chi connectivity index (χ1v) is 6.81. The van der Waals surface area contributed by atoms with Crippen molar-refractivity contribution in [3.8, 4) is 0 Å². The monoisotopic (exact) mass is 287 g/mol. The van der Waals surface area contributed by atoms with Crippen molar-refractivity contribution < 1.29 is 17.9 Å². The van der Waals surface area contributed by atoms with Crippen molar-refractivity contribution in [3.05, 3.63) is 17.8 Å². The van der Waals surface area contributed by atoms with Gasteiger partial charge in [0.1, 0.15) is 5.82 Å². The topological polar surface area (TPSA) is 47.0 Å². The van der Waals surface area contributed by atoms with Gasteiger partial charge < -0.3 is 10.1 Å². The highest BCUT2D eigenvalue weighted by atomic mass is 19.4. The molecule has 0 spiro atoms. The molecule has 1 saturated carbocycles. The molecule has 2 heterocycles. The minimum atomic E-state index is -4.44. The van der Waals surface area contributed by atoms with E-state index in [-0.39, 0.29) is 12.1 Å². The number of hydrogen-bond acceptors (Lipinski definition) is 4. The standard InChI is InChI=1S/C13H16F3N3O/c14-13(15,16)11-3-4-12(19-18-11)17-9-5-6-20-10(7-9)8-1-2-8/h3-4,8-10H,1-2,5-7H2,(H,17,19). The SMILES string of the molecule is FC(F)(F)c1ccc(NC2CCOC(C3CC3)C2)nn1. The molecular formula is C13H16F3N3O. The number of nitrogens with zero attached hydrogens (tertiary/aromatic N) is 2. The van der Waals surface area contributed by atoms with Crippen molar-refractivity contribution in [3.63, 3.8) is 0 Å². The first kappa shape index (κ1) is 13.6. The highest BCUT2D eigenvalue weighted by molar-refractivity contribution is 5.34. The molecule has 7 heteroatoms. The molecular weight excluding hydrogens is 271 g/mol. The number of alkyl halides is 3. The van der Waals surface area contributed by atoms with Crippen LogP contribution in [0.2, 0.25) is 0 Å². The molecule has 1 aromatic heterocycles. The summed E-state index contributed by atoms with van der Waals surface area (Å²) in [6.45, 7) is 0.687. The van der Waals surface area contributed by atoms with E-state index in [0.717, 1.165) is 18.9 Å². The Bertz CT molecular complexity index is 459. The Hall–Kier alpha value is -1.37. The summed E-state index contributed by atoms with van der Waals surface area (Å²) in [5, 5.41) is 9.97. The lowest BCUT2D eigenvalue weighted by atomic mass is 10.00. The molecule has 1 aliphatic heterocycles. The van der Waals surface area contributed by atoms with Crippen molar-refractivity contribution in [1.82, 2.24) is 10.2 Å². The maximum absolute atomic E-state index is 12.4. The zero-order valence-electron chi connectivity index (χ0n) is 10.9. The minimum Gasteiger partial charge on any atom is -0.378 e. The third-order valence-electron chi connectivity index (χ3n) is 3.77. The van der Waals surface area contributed by atoms with Crippen molar-refractivity contribution in [2.75, 3.05) is 11.9 Å². The molecule has 1 aliphatic carbocycles. The quantitative estimate of drug-likeness (QED) is 0.928. The number of nitrogens with one attached hydrogen (secondary N) is 1. The van der Waals surface area contributed by atoms with Crippen LogP contribution in [0.1, 0.15) is 31.4 Å². The van der Waals surface area contributed by atoms with Gasteiger partial charge in [0.05, 0.1) is 6.10 Å². The molecule has 0 bridgehead atoms. The molecule has 1 aromatic rings. The molecule has 0 amide bonds. The van der Waals surface area contributed by atoms with E-state index in [9.17, 15) is 13.2 Å². The van der Waals surface area contributed by atoms with Gasteiger partial charge in [-0.25, -0.2) is 0 Å². The number of halogens is 3. The Kier molecular flexibility index (Phi) is 3.54. The zero-order chi connectivity index (χ0) is 14.2. The summed E-state index contributed by atoms with van der Waals surface area (Å²) in [5.41, 5.74) is -0.967. The molecule has 1 N–H and O–H groups in total. The smallest absolute Gasteiger partial charge is 0.378 e. The van der Waals surface area contributed by atoms with Crippen molar-refractivity contribution >= 4 is 5.82 Å². The molecule has 0 aromatic carbocycles. The summed E-state index contributed by atoms with van der Waals surface area (Å²) in [4.78, 5) is 0. The molecule has 1 saturated heterocycles. The maximum Gasteiger partial charge on any atom is 0.435 e. The van der Waals surface area contributed by atoms with Gasteiger partial charge in [0.25, 0.3) is 0 Å². The van der Waals surface area contributed by atoms with E-state index in [4.69, 9.17) is 4.74 Å². The molecule has 3 rings (SSSR count). The fraction of sp³-hybridized carbons (Fsp3) is 0.692. The van der Waals surface area contributed by atoms with Gasteiger partial charge in [-0.05, 0) is 43.7 Å². The average molecular weight is 287 g/mol. The summed E-state index contributed by atoms with van der Waals surface area (Å²) in [5.74, 6) is 1.05. The van der Waals surface area contributed by atoms with Crippen LogP contribution in [0.25, 0.3) is 0 Å². The van der Waals surface area contributed by atoms with Crippen LogP contribution >= 0.6 is 0 Å². The Morgan fingerprint density at radius 2 is 1.95 bits per heavy atom. The van der Waals surface area contributed by atoms with Gasteiger partial charge in [-0.15, -0.1) is 10.2 Å². The summed E-state index contributed by atoms with van der Waals surface area (Å²) >= 11 is 0. The maximum atomic E-state index is 12.4. The second kappa shape index (κ2) is 5.20. The lowest BCUT2D eigenvalue weighted by Crippen LogP contribution is -2.35. The number of anilines is 1. The third kappa shape index (κ3) is 3.20. The molecule has 2 aliphatic rings. The van der Waals surface area contributed by atoms with Gasteiger partial charge in [-0.2, -0.15) is 13.2 Å². The van der Waals surface area contributed by atoms with Gasteiger partial charge in [0, 0.05) is 12.6 Å². The Labute approximate surface area is 114 Å². The fourth-order valence-electron chi connectivity index (χ4n) is 2.53. The predicted molar refractivity (Wildman–Crippen MR) is 66.1 cm³/mol. The Morgan fingerprint density at radius 1 is 1.15 bits per heavy atom. The predicted octanol–water partition coefficient (Wildman–Crippen LogP) is 2.86. The van der Waals surface area contributed by atoms with E-state index in [1.807, 2.05) is 0 Å². The Balaban J connectivity index is 1.59. The van der Waals surface area contributed by atoms with E-state index < -0.39 is 11.9 Å². The number of hydrogen-bond donors (Lipinski definition) is 1. The first-order chi connectivity index (χ1) is 9.52. The van der Waals surface area contributed by atoms with Gasteiger partial charge in [0.2, 0.25) is 0 Å². The molecule has 4 nitrogen and oxygen atoms in total.